The Morgan fingerprint density at radius 2 is 2.18 bits per heavy atom. The van der Waals surface area contributed by atoms with Gasteiger partial charge in [-0.3, -0.25) is 4.79 Å². The summed E-state index contributed by atoms with van der Waals surface area (Å²) in [5.74, 6) is 0.442. The number of carbonyl (C=O) groups is 1. The van der Waals surface area contributed by atoms with Crippen LogP contribution in [0.25, 0.3) is 0 Å². The maximum absolute atomic E-state index is 10.7. The molecule has 0 atom stereocenters. The van der Waals surface area contributed by atoms with E-state index in [9.17, 15) is 4.79 Å². The summed E-state index contributed by atoms with van der Waals surface area (Å²) in [6.07, 6.45) is 1.47. The van der Waals surface area contributed by atoms with E-state index in [1.807, 2.05) is 0 Å². The van der Waals surface area contributed by atoms with E-state index in [2.05, 4.69) is 4.98 Å². The predicted octanol–water partition coefficient (Wildman–Crippen LogP) is 1.29. The van der Waals surface area contributed by atoms with E-state index < -0.39 is 0 Å². The van der Waals surface area contributed by atoms with Crippen molar-refractivity contribution < 1.29 is 4.79 Å². The molecule has 0 amide bonds. The third-order valence-electron chi connectivity index (χ3n) is 1.19. The van der Waals surface area contributed by atoms with E-state index in [1.54, 1.807) is 12.1 Å². The first-order chi connectivity index (χ1) is 4.70. The number of aromatic nitrogens is 1. The highest BCUT2D eigenvalue weighted by atomic mass is 35.5. The van der Waals surface area contributed by atoms with Crippen molar-refractivity contribution >= 4 is 24.0 Å². The monoisotopic (exact) mass is 172 g/mol. The molecule has 3 nitrogen and oxygen atoms in total. The van der Waals surface area contributed by atoms with Gasteiger partial charge in [-0.25, -0.2) is 4.98 Å². The fourth-order valence-electron chi connectivity index (χ4n) is 0.614. The summed E-state index contributed by atoms with van der Waals surface area (Å²) in [7, 11) is 0. The number of carbonyl (C=O) groups excluding carboxylic acids is 1. The summed E-state index contributed by atoms with van der Waals surface area (Å²) in [4.78, 5) is 14.4. The molecule has 1 aromatic rings. The third-order valence-corrected chi connectivity index (χ3v) is 1.19. The molecule has 0 aliphatic heterocycles. The minimum absolute atomic E-state index is 0. The SMILES string of the molecule is CC(=O)c1ccc(N)nc1.Cl. The van der Waals surface area contributed by atoms with Crippen LogP contribution in [0.15, 0.2) is 18.3 Å². The number of halogens is 1. The normalized spacial score (nSPS) is 8.45. The smallest absolute Gasteiger partial charge is 0.161 e. The van der Waals surface area contributed by atoms with Crippen molar-refractivity contribution in [3.05, 3.63) is 23.9 Å². The maximum Gasteiger partial charge on any atom is 0.161 e. The lowest BCUT2D eigenvalue weighted by Gasteiger charge is -1.93. The Hall–Kier alpha value is -1.09. The third kappa shape index (κ3) is 2.55. The van der Waals surface area contributed by atoms with E-state index in [-0.39, 0.29) is 18.2 Å². The van der Waals surface area contributed by atoms with Crippen LogP contribution in [0.5, 0.6) is 0 Å². The number of nitrogen functional groups attached to an aromatic ring is 1. The molecule has 0 spiro atoms. The summed E-state index contributed by atoms with van der Waals surface area (Å²) >= 11 is 0. The van der Waals surface area contributed by atoms with Gasteiger partial charge in [0.15, 0.2) is 5.78 Å². The molecule has 0 fully saturated rings. The lowest BCUT2D eigenvalue weighted by atomic mass is 10.2. The lowest BCUT2D eigenvalue weighted by molar-refractivity contribution is 0.101. The average molecular weight is 173 g/mol. The van der Waals surface area contributed by atoms with E-state index in [4.69, 9.17) is 5.73 Å². The van der Waals surface area contributed by atoms with Gasteiger partial charge in [-0.15, -0.1) is 12.4 Å². The number of nitrogens with two attached hydrogens (primary N) is 1. The standard InChI is InChI=1S/C7H8N2O.ClH/c1-5(10)6-2-3-7(8)9-4-6;/h2-4H,1H3,(H2,8,9);1H. The van der Waals surface area contributed by atoms with Crippen LogP contribution < -0.4 is 5.73 Å². The largest absolute Gasteiger partial charge is 0.384 e. The van der Waals surface area contributed by atoms with Gasteiger partial charge in [-0.05, 0) is 19.1 Å². The Labute approximate surface area is 71.0 Å². The first kappa shape index (κ1) is 9.91. The van der Waals surface area contributed by atoms with Crippen molar-refractivity contribution in [2.45, 2.75) is 6.92 Å². The minimum Gasteiger partial charge on any atom is -0.384 e. The van der Waals surface area contributed by atoms with Crippen LogP contribution in [0, 0.1) is 0 Å². The molecule has 2 N–H and O–H groups in total. The van der Waals surface area contributed by atoms with Gasteiger partial charge in [0.1, 0.15) is 5.82 Å². The van der Waals surface area contributed by atoms with Gasteiger partial charge in [0.05, 0.1) is 0 Å². The van der Waals surface area contributed by atoms with Crippen molar-refractivity contribution in [2.24, 2.45) is 0 Å². The van der Waals surface area contributed by atoms with Crippen LogP contribution in [-0.4, -0.2) is 10.8 Å². The summed E-state index contributed by atoms with van der Waals surface area (Å²) in [6, 6.07) is 3.27. The Morgan fingerprint density at radius 3 is 2.55 bits per heavy atom. The summed E-state index contributed by atoms with van der Waals surface area (Å²) in [6.45, 7) is 1.49. The molecule has 0 bridgehead atoms. The van der Waals surface area contributed by atoms with Gasteiger partial charge in [-0.2, -0.15) is 0 Å². The quantitative estimate of drug-likeness (QED) is 0.650. The second-order valence-corrected chi connectivity index (χ2v) is 2.03. The fraction of sp³-hybridized carbons (Fsp3) is 0.143. The van der Waals surface area contributed by atoms with Gasteiger partial charge in [0.25, 0.3) is 0 Å². The molecule has 1 aromatic heterocycles. The Bertz CT molecular complexity index is 245. The number of anilines is 1. The van der Waals surface area contributed by atoms with Crippen LogP contribution in [0.1, 0.15) is 17.3 Å². The zero-order valence-electron chi connectivity index (χ0n) is 6.07. The topological polar surface area (TPSA) is 56.0 Å². The molecule has 60 valence electrons. The van der Waals surface area contributed by atoms with Crippen LogP contribution in [-0.2, 0) is 0 Å². The summed E-state index contributed by atoms with van der Waals surface area (Å²) in [5, 5.41) is 0. The van der Waals surface area contributed by atoms with Crippen LogP contribution >= 0.6 is 12.4 Å². The second-order valence-electron chi connectivity index (χ2n) is 2.03. The molecule has 11 heavy (non-hydrogen) atoms. The number of pyridine rings is 1. The van der Waals surface area contributed by atoms with E-state index in [0.29, 0.717) is 11.4 Å². The molecule has 0 radical (unpaired) electrons. The highest BCUT2D eigenvalue weighted by molar-refractivity contribution is 5.93. The molecular formula is C7H9ClN2O. The number of rotatable bonds is 1. The number of ketones is 1. The lowest BCUT2D eigenvalue weighted by Crippen LogP contribution is -1.95. The van der Waals surface area contributed by atoms with E-state index in [0.717, 1.165) is 0 Å². The average Bonchev–Trinajstić information content (AvgIpc) is 1.88. The zero-order chi connectivity index (χ0) is 7.56. The molecule has 0 aromatic carbocycles. The molecule has 0 saturated heterocycles. The van der Waals surface area contributed by atoms with Gasteiger partial charge >= 0.3 is 0 Å². The van der Waals surface area contributed by atoms with Gasteiger partial charge in [0, 0.05) is 11.8 Å². The second kappa shape index (κ2) is 3.93. The molecule has 0 aliphatic carbocycles. The molecule has 1 rings (SSSR count). The number of hydrogen-bond acceptors (Lipinski definition) is 3. The molecule has 0 aliphatic rings. The Balaban J connectivity index is 0.000001000. The molecular weight excluding hydrogens is 164 g/mol. The van der Waals surface area contributed by atoms with Crippen LogP contribution in [0.2, 0.25) is 0 Å². The number of Topliss-reactive ketones (excluding diaryl/α,β-unsaturated/α-hetero) is 1. The minimum atomic E-state index is 0. The van der Waals surface area contributed by atoms with Crippen LogP contribution in [0.4, 0.5) is 5.82 Å². The number of hydrogen-bond donors (Lipinski definition) is 1. The van der Waals surface area contributed by atoms with Crippen molar-refractivity contribution in [2.75, 3.05) is 5.73 Å². The Kier molecular flexibility index (Phi) is 3.54. The van der Waals surface area contributed by atoms with Crippen molar-refractivity contribution in [1.29, 1.82) is 0 Å². The summed E-state index contributed by atoms with van der Waals surface area (Å²) in [5.41, 5.74) is 5.90. The molecule has 1 heterocycles. The number of nitrogens with zero attached hydrogens (tertiary/aromatic N) is 1. The van der Waals surface area contributed by atoms with Crippen LogP contribution in [0.3, 0.4) is 0 Å². The van der Waals surface area contributed by atoms with E-state index >= 15 is 0 Å². The van der Waals surface area contributed by atoms with Crippen molar-refractivity contribution in [3.8, 4) is 0 Å². The van der Waals surface area contributed by atoms with Crippen molar-refractivity contribution in [3.63, 3.8) is 0 Å². The first-order valence-electron chi connectivity index (χ1n) is 2.92. The first-order valence-corrected chi connectivity index (χ1v) is 2.92. The van der Waals surface area contributed by atoms with E-state index in [1.165, 1.54) is 13.1 Å². The van der Waals surface area contributed by atoms with Gasteiger partial charge in [0.2, 0.25) is 0 Å². The maximum atomic E-state index is 10.7. The van der Waals surface area contributed by atoms with Gasteiger partial charge in [-0.1, -0.05) is 0 Å². The summed E-state index contributed by atoms with van der Waals surface area (Å²) < 4.78 is 0. The zero-order valence-corrected chi connectivity index (χ0v) is 6.89. The molecule has 4 heteroatoms. The predicted molar refractivity (Wildman–Crippen MR) is 45.9 cm³/mol. The molecule has 0 saturated carbocycles. The van der Waals surface area contributed by atoms with Gasteiger partial charge < -0.3 is 5.73 Å². The molecule has 0 unspecified atom stereocenters. The highest BCUT2D eigenvalue weighted by Gasteiger charge is 1.96. The van der Waals surface area contributed by atoms with Crippen molar-refractivity contribution in [1.82, 2.24) is 4.98 Å². The highest BCUT2D eigenvalue weighted by Crippen LogP contribution is 2.00. The fourth-order valence-corrected chi connectivity index (χ4v) is 0.614. The Morgan fingerprint density at radius 1 is 1.55 bits per heavy atom.